The van der Waals surface area contributed by atoms with Crippen molar-refractivity contribution in [3.63, 3.8) is 0 Å². The van der Waals surface area contributed by atoms with Crippen LogP contribution >= 0.6 is 0 Å². The van der Waals surface area contributed by atoms with Crippen molar-refractivity contribution < 1.29 is 0 Å². The average molecular weight is 212 g/mol. The van der Waals surface area contributed by atoms with Crippen LogP contribution < -0.4 is 23.8 Å². The van der Waals surface area contributed by atoms with E-state index in [0.29, 0.717) is 0 Å². The summed E-state index contributed by atoms with van der Waals surface area (Å²) >= 11 is 0. The molecule has 1 rings (SSSR count). The summed E-state index contributed by atoms with van der Waals surface area (Å²) in [5, 5.41) is 0. The van der Waals surface area contributed by atoms with E-state index >= 15 is 0 Å². The maximum absolute atomic E-state index is 5.99. The number of hydrogen-bond donors (Lipinski definition) is 4. The molecule has 0 aliphatic heterocycles. The number of nitrogens with two attached hydrogens (primary N) is 2. The van der Waals surface area contributed by atoms with E-state index in [1.807, 2.05) is 6.92 Å². The second kappa shape index (κ2) is 6.27. The summed E-state index contributed by atoms with van der Waals surface area (Å²) < 4.78 is 0. The van der Waals surface area contributed by atoms with Crippen molar-refractivity contribution in [2.24, 2.45) is 0 Å². The molecule has 0 saturated carbocycles. The number of benzene rings is 1. The highest BCUT2D eigenvalue weighted by Crippen LogP contribution is 2.28. The molecule has 0 heterocycles. The Hall–Kier alpha value is -1.26. The van der Waals surface area contributed by atoms with Crippen molar-refractivity contribution in [2.45, 2.75) is 33.6 Å². The van der Waals surface area contributed by atoms with Gasteiger partial charge in [-0.2, -0.15) is 0 Å². The molecule has 0 aromatic heterocycles. The highest BCUT2D eigenvalue weighted by Gasteiger charge is 2.08. The van der Waals surface area contributed by atoms with Crippen LogP contribution in [0, 0.1) is 6.92 Å². The molecule has 10 N–H and O–H groups in total. The van der Waals surface area contributed by atoms with Crippen LogP contribution in [-0.4, -0.2) is 0 Å². The molecule has 1 aromatic rings. The van der Waals surface area contributed by atoms with Gasteiger partial charge in [0, 0.05) is 11.4 Å². The fourth-order valence-corrected chi connectivity index (χ4v) is 1.67. The molecule has 4 heteroatoms. The monoisotopic (exact) mass is 212 g/mol. The van der Waals surface area contributed by atoms with E-state index in [4.69, 9.17) is 11.5 Å². The molecular formula is C11H24N4. The van der Waals surface area contributed by atoms with Gasteiger partial charge in [0.1, 0.15) is 0 Å². The van der Waals surface area contributed by atoms with E-state index in [2.05, 4.69) is 19.9 Å². The Morgan fingerprint density at radius 2 is 1.53 bits per heavy atom. The van der Waals surface area contributed by atoms with Gasteiger partial charge in [-0.1, -0.05) is 19.9 Å². The summed E-state index contributed by atoms with van der Waals surface area (Å²) in [6, 6.07) is 2.09. The quantitative estimate of drug-likeness (QED) is 0.563. The minimum absolute atomic E-state index is 0. The minimum atomic E-state index is 0. The van der Waals surface area contributed by atoms with Crippen molar-refractivity contribution >= 4 is 11.4 Å². The molecule has 0 unspecified atom stereocenters. The summed E-state index contributed by atoms with van der Waals surface area (Å²) in [4.78, 5) is 0. The SMILES string of the molecule is CCc1cc(C)c(N)c(CC)c1N.N.N. The Morgan fingerprint density at radius 3 is 1.93 bits per heavy atom. The van der Waals surface area contributed by atoms with Gasteiger partial charge in [0.15, 0.2) is 0 Å². The zero-order valence-corrected chi connectivity index (χ0v) is 10.1. The van der Waals surface area contributed by atoms with E-state index in [1.165, 1.54) is 5.56 Å². The molecule has 0 saturated heterocycles. The van der Waals surface area contributed by atoms with E-state index in [1.54, 1.807) is 0 Å². The van der Waals surface area contributed by atoms with Gasteiger partial charge in [-0.3, -0.25) is 0 Å². The lowest BCUT2D eigenvalue weighted by Crippen LogP contribution is -2.05. The molecule has 0 bridgehead atoms. The summed E-state index contributed by atoms with van der Waals surface area (Å²) in [6.07, 6.45) is 1.88. The number of aryl methyl sites for hydroxylation is 2. The van der Waals surface area contributed by atoms with Crippen LogP contribution in [0.25, 0.3) is 0 Å². The molecule has 0 radical (unpaired) electrons. The predicted molar refractivity (Wildman–Crippen MR) is 68.8 cm³/mol. The molecule has 15 heavy (non-hydrogen) atoms. The van der Waals surface area contributed by atoms with Gasteiger partial charge >= 0.3 is 0 Å². The largest absolute Gasteiger partial charge is 0.398 e. The Kier molecular flexibility index (Phi) is 6.76. The van der Waals surface area contributed by atoms with Gasteiger partial charge in [0.25, 0.3) is 0 Å². The Morgan fingerprint density at radius 1 is 1.00 bits per heavy atom. The molecule has 4 nitrogen and oxygen atoms in total. The maximum Gasteiger partial charge on any atom is 0.0399 e. The summed E-state index contributed by atoms with van der Waals surface area (Å²) in [6.45, 7) is 6.23. The van der Waals surface area contributed by atoms with Crippen LogP contribution in [0.1, 0.15) is 30.5 Å². The first-order chi connectivity index (χ1) is 6.11. The van der Waals surface area contributed by atoms with E-state index in [9.17, 15) is 0 Å². The van der Waals surface area contributed by atoms with Crippen LogP contribution in [0.4, 0.5) is 11.4 Å². The smallest absolute Gasteiger partial charge is 0.0399 e. The van der Waals surface area contributed by atoms with Gasteiger partial charge < -0.3 is 23.8 Å². The number of rotatable bonds is 2. The Balaban J connectivity index is 0. The van der Waals surface area contributed by atoms with Gasteiger partial charge in [-0.15, -0.1) is 0 Å². The van der Waals surface area contributed by atoms with Crippen LogP contribution in [0.2, 0.25) is 0 Å². The normalized spacial score (nSPS) is 9.00. The third kappa shape index (κ3) is 2.84. The first kappa shape index (κ1) is 16.2. The second-order valence-corrected chi connectivity index (χ2v) is 3.37. The predicted octanol–water partition coefficient (Wildman–Crippen LogP) is 2.61. The molecule has 0 fully saturated rings. The molecule has 88 valence electrons. The third-order valence-corrected chi connectivity index (χ3v) is 2.55. The lowest BCUT2D eigenvalue weighted by molar-refractivity contribution is 1.09. The third-order valence-electron chi connectivity index (χ3n) is 2.55. The lowest BCUT2D eigenvalue weighted by atomic mass is 9.98. The standard InChI is InChI=1S/C11H18N2.2H3N/c1-4-8-6-7(3)10(12)9(5-2)11(8)13;;/h6H,4-5,12-13H2,1-3H3;2*1H3. The van der Waals surface area contributed by atoms with Crippen LogP contribution in [-0.2, 0) is 12.8 Å². The first-order valence-electron chi connectivity index (χ1n) is 4.78. The van der Waals surface area contributed by atoms with Crippen LogP contribution in [0.15, 0.2) is 6.07 Å². The molecule has 0 aliphatic carbocycles. The van der Waals surface area contributed by atoms with Gasteiger partial charge in [-0.25, -0.2) is 0 Å². The lowest BCUT2D eigenvalue weighted by Gasteiger charge is -2.14. The van der Waals surface area contributed by atoms with Gasteiger partial charge in [0.2, 0.25) is 0 Å². The summed E-state index contributed by atoms with van der Waals surface area (Å²) in [5.41, 5.74) is 17.1. The highest BCUT2D eigenvalue weighted by molar-refractivity contribution is 5.68. The topological polar surface area (TPSA) is 122 Å². The zero-order chi connectivity index (χ0) is 10.0. The van der Waals surface area contributed by atoms with Crippen LogP contribution in [0.3, 0.4) is 0 Å². The average Bonchev–Trinajstić information content (AvgIpc) is 2.12. The fraction of sp³-hybridized carbons (Fsp3) is 0.455. The number of anilines is 2. The maximum atomic E-state index is 5.99. The van der Waals surface area contributed by atoms with Crippen molar-refractivity contribution in [1.82, 2.24) is 12.3 Å². The Bertz CT molecular complexity index is 321. The van der Waals surface area contributed by atoms with Crippen molar-refractivity contribution in [3.8, 4) is 0 Å². The summed E-state index contributed by atoms with van der Waals surface area (Å²) in [5.74, 6) is 0. The first-order valence-corrected chi connectivity index (χ1v) is 4.78. The molecule has 1 aromatic carbocycles. The number of hydrogen-bond acceptors (Lipinski definition) is 4. The molecular weight excluding hydrogens is 188 g/mol. The molecule has 0 atom stereocenters. The molecule has 0 aliphatic rings. The Labute approximate surface area is 92.2 Å². The van der Waals surface area contributed by atoms with Crippen molar-refractivity contribution in [3.05, 3.63) is 22.8 Å². The number of nitrogen functional groups attached to an aromatic ring is 2. The van der Waals surface area contributed by atoms with Crippen molar-refractivity contribution in [2.75, 3.05) is 11.5 Å². The van der Waals surface area contributed by atoms with Crippen LogP contribution in [0.5, 0.6) is 0 Å². The molecule has 0 spiro atoms. The zero-order valence-electron chi connectivity index (χ0n) is 10.1. The molecule has 0 amide bonds. The van der Waals surface area contributed by atoms with E-state index in [0.717, 1.165) is 35.3 Å². The van der Waals surface area contributed by atoms with E-state index < -0.39 is 0 Å². The minimum Gasteiger partial charge on any atom is -0.398 e. The van der Waals surface area contributed by atoms with Gasteiger partial charge in [-0.05, 0) is 36.5 Å². The van der Waals surface area contributed by atoms with Gasteiger partial charge in [0.05, 0.1) is 0 Å². The fourth-order valence-electron chi connectivity index (χ4n) is 1.67. The summed E-state index contributed by atoms with van der Waals surface area (Å²) in [7, 11) is 0. The van der Waals surface area contributed by atoms with Crippen molar-refractivity contribution in [1.29, 1.82) is 0 Å². The van der Waals surface area contributed by atoms with E-state index in [-0.39, 0.29) is 12.3 Å². The second-order valence-electron chi connectivity index (χ2n) is 3.37. The highest BCUT2D eigenvalue weighted by atomic mass is 14.6.